The molecule has 0 radical (unpaired) electrons. The molecular weight excluding hydrogens is 338 g/mol. The highest BCUT2D eigenvalue weighted by atomic mass is 35.5. The van der Waals surface area contributed by atoms with Crippen molar-refractivity contribution < 1.29 is 9.66 Å². The Morgan fingerprint density at radius 1 is 1.35 bits per heavy atom. The number of ether oxygens (including phenoxy) is 1. The van der Waals surface area contributed by atoms with Crippen molar-refractivity contribution in [2.75, 3.05) is 0 Å². The van der Waals surface area contributed by atoms with Crippen LogP contribution in [0.2, 0.25) is 5.02 Å². The van der Waals surface area contributed by atoms with Gasteiger partial charge in [-0.3, -0.25) is 15.5 Å². The van der Waals surface area contributed by atoms with Crippen LogP contribution in [0.3, 0.4) is 0 Å². The molecule has 0 spiro atoms. The molecule has 0 aliphatic carbocycles. The van der Waals surface area contributed by atoms with Gasteiger partial charge in [-0.25, -0.2) is 0 Å². The predicted molar refractivity (Wildman–Crippen MR) is 92.6 cm³/mol. The Labute approximate surface area is 142 Å². The number of halogens is 1. The number of amidine groups is 1. The number of thioether (sulfide) groups is 1. The van der Waals surface area contributed by atoms with E-state index in [4.69, 9.17) is 27.5 Å². The van der Waals surface area contributed by atoms with Crippen molar-refractivity contribution >= 4 is 34.2 Å². The maximum absolute atomic E-state index is 10.8. The van der Waals surface area contributed by atoms with E-state index in [0.29, 0.717) is 27.8 Å². The molecular formula is C15H14ClN3O3S. The fourth-order valence-corrected chi connectivity index (χ4v) is 2.63. The molecule has 0 amide bonds. The second-order valence-corrected chi connectivity index (χ2v) is 6.17. The summed E-state index contributed by atoms with van der Waals surface area (Å²) in [6, 6.07) is 9.56. The van der Waals surface area contributed by atoms with Gasteiger partial charge in [-0.15, -0.1) is 0 Å². The molecule has 0 aliphatic rings. The van der Waals surface area contributed by atoms with Crippen LogP contribution in [0.15, 0.2) is 36.4 Å². The SMILES string of the molecule is Cc1cc([N+](=O)[O-])ccc1Oc1ccc(Cl)cc1CSC(=N)N. The summed E-state index contributed by atoms with van der Waals surface area (Å²) < 4.78 is 5.86. The van der Waals surface area contributed by atoms with E-state index < -0.39 is 4.92 Å². The van der Waals surface area contributed by atoms with Crippen LogP contribution in [0.5, 0.6) is 11.5 Å². The molecule has 2 aromatic rings. The van der Waals surface area contributed by atoms with Gasteiger partial charge in [0.05, 0.1) is 4.92 Å². The van der Waals surface area contributed by atoms with E-state index in [9.17, 15) is 10.1 Å². The molecule has 0 saturated carbocycles. The van der Waals surface area contributed by atoms with E-state index in [0.717, 1.165) is 17.3 Å². The van der Waals surface area contributed by atoms with Gasteiger partial charge in [0.25, 0.3) is 5.69 Å². The molecule has 2 rings (SSSR count). The zero-order valence-electron chi connectivity index (χ0n) is 12.2. The zero-order valence-corrected chi connectivity index (χ0v) is 13.8. The van der Waals surface area contributed by atoms with Crippen molar-refractivity contribution in [3.8, 4) is 11.5 Å². The molecule has 0 aromatic heterocycles. The minimum absolute atomic E-state index is 0.00226. The second kappa shape index (κ2) is 7.34. The quantitative estimate of drug-likeness (QED) is 0.358. The van der Waals surface area contributed by atoms with E-state index in [1.54, 1.807) is 31.2 Å². The van der Waals surface area contributed by atoms with Gasteiger partial charge in [0.15, 0.2) is 5.17 Å². The van der Waals surface area contributed by atoms with Gasteiger partial charge < -0.3 is 10.5 Å². The summed E-state index contributed by atoms with van der Waals surface area (Å²) in [5.41, 5.74) is 6.81. The number of benzene rings is 2. The number of hydrogen-bond donors (Lipinski definition) is 2. The number of nitrogens with one attached hydrogen (secondary N) is 1. The van der Waals surface area contributed by atoms with Crippen molar-refractivity contribution in [1.29, 1.82) is 5.41 Å². The van der Waals surface area contributed by atoms with Crippen LogP contribution >= 0.6 is 23.4 Å². The minimum atomic E-state index is -0.450. The van der Waals surface area contributed by atoms with Crippen molar-refractivity contribution in [1.82, 2.24) is 0 Å². The lowest BCUT2D eigenvalue weighted by Crippen LogP contribution is -2.04. The van der Waals surface area contributed by atoms with Crippen LogP contribution < -0.4 is 10.5 Å². The van der Waals surface area contributed by atoms with Crippen LogP contribution in [0.25, 0.3) is 0 Å². The highest BCUT2D eigenvalue weighted by Gasteiger charge is 2.12. The average Bonchev–Trinajstić information content (AvgIpc) is 2.48. The smallest absolute Gasteiger partial charge is 0.269 e. The van der Waals surface area contributed by atoms with Crippen LogP contribution in [-0.4, -0.2) is 10.1 Å². The number of non-ortho nitro benzene ring substituents is 1. The number of nitrogens with zero attached hydrogens (tertiary/aromatic N) is 1. The maximum atomic E-state index is 10.8. The van der Waals surface area contributed by atoms with Crippen molar-refractivity contribution in [3.63, 3.8) is 0 Å². The first-order valence-electron chi connectivity index (χ1n) is 6.55. The number of nitrogens with two attached hydrogens (primary N) is 1. The molecule has 8 heteroatoms. The molecule has 0 aliphatic heterocycles. The molecule has 0 atom stereocenters. The number of nitro benzene ring substituents is 1. The highest BCUT2D eigenvalue weighted by Crippen LogP contribution is 2.33. The van der Waals surface area contributed by atoms with Crippen molar-refractivity contribution in [2.24, 2.45) is 5.73 Å². The summed E-state index contributed by atoms with van der Waals surface area (Å²) in [7, 11) is 0. The third-order valence-electron chi connectivity index (χ3n) is 2.99. The molecule has 0 heterocycles. The summed E-state index contributed by atoms with van der Waals surface area (Å²) >= 11 is 7.16. The van der Waals surface area contributed by atoms with Crippen LogP contribution in [-0.2, 0) is 5.75 Å². The molecule has 2 aromatic carbocycles. The topological polar surface area (TPSA) is 102 Å². The normalized spacial score (nSPS) is 10.3. The Hall–Kier alpha value is -2.25. The Balaban J connectivity index is 2.29. The predicted octanol–water partition coefficient (Wildman–Crippen LogP) is 4.48. The first-order chi connectivity index (χ1) is 10.9. The minimum Gasteiger partial charge on any atom is -0.457 e. The molecule has 3 N–H and O–H groups in total. The number of hydrogen-bond acceptors (Lipinski definition) is 5. The molecule has 0 saturated heterocycles. The third-order valence-corrected chi connectivity index (χ3v) is 4.00. The molecule has 6 nitrogen and oxygen atoms in total. The lowest BCUT2D eigenvalue weighted by molar-refractivity contribution is -0.384. The van der Waals surface area contributed by atoms with Gasteiger partial charge in [0.1, 0.15) is 11.5 Å². The molecule has 0 fully saturated rings. The first-order valence-corrected chi connectivity index (χ1v) is 7.91. The Morgan fingerprint density at radius 2 is 2.04 bits per heavy atom. The van der Waals surface area contributed by atoms with E-state index in [2.05, 4.69) is 0 Å². The van der Waals surface area contributed by atoms with Crippen LogP contribution in [0.1, 0.15) is 11.1 Å². The van der Waals surface area contributed by atoms with Crippen LogP contribution in [0.4, 0.5) is 5.69 Å². The van der Waals surface area contributed by atoms with E-state index in [-0.39, 0.29) is 10.9 Å². The second-order valence-electron chi connectivity index (χ2n) is 4.71. The number of aryl methyl sites for hydroxylation is 1. The average molecular weight is 352 g/mol. The lowest BCUT2D eigenvalue weighted by Gasteiger charge is -2.13. The lowest BCUT2D eigenvalue weighted by atomic mass is 10.2. The fourth-order valence-electron chi connectivity index (χ4n) is 1.90. The summed E-state index contributed by atoms with van der Waals surface area (Å²) in [6.07, 6.45) is 0. The summed E-state index contributed by atoms with van der Waals surface area (Å²) in [4.78, 5) is 10.3. The largest absolute Gasteiger partial charge is 0.457 e. The monoisotopic (exact) mass is 351 g/mol. The number of rotatable bonds is 5. The summed E-state index contributed by atoms with van der Waals surface area (Å²) in [5, 5.41) is 18.6. The van der Waals surface area contributed by atoms with Gasteiger partial charge in [-0.2, -0.15) is 0 Å². The summed E-state index contributed by atoms with van der Waals surface area (Å²) in [6.45, 7) is 1.74. The maximum Gasteiger partial charge on any atom is 0.269 e. The first kappa shape index (κ1) is 17.1. The van der Waals surface area contributed by atoms with Gasteiger partial charge in [-0.05, 0) is 36.8 Å². The molecule has 23 heavy (non-hydrogen) atoms. The number of nitro groups is 1. The molecule has 0 unspecified atom stereocenters. The zero-order chi connectivity index (χ0) is 17.0. The highest BCUT2D eigenvalue weighted by molar-refractivity contribution is 8.13. The van der Waals surface area contributed by atoms with E-state index in [1.165, 1.54) is 12.1 Å². The van der Waals surface area contributed by atoms with Gasteiger partial charge in [-0.1, -0.05) is 23.4 Å². The fraction of sp³-hybridized carbons (Fsp3) is 0.133. The van der Waals surface area contributed by atoms with E-state index >= 15 is 0 Å². The Kier molecular flexibility index (Phi) is 5.46. The summed E-state index contributed by atoms with van der Waals surface area (Å²) in [5.74, 6) is 1.53. The van der Waals surface area contributed by atoms with Gasteiger partial charge in [0, 0.05) is 28.5 Å². The van der Waals surface area contributed by atoms with Crippen LogP contribution in [0, 0.1) is 22.4 Å². The third kappa shape index (κ3) is 4.61. The Bertz CT molecular complexity index is 768. The molecule has 120 valence electrons. The van der Waals surface area contributed by atoms with Crippen molar-refractivity contribution in [2.45, 2.75) is 12.7 Å². The van der Waals surface area contributed by atoms with Gasteiger partial charge in [0.2, 0.25) is 0 Å². The molecule has 0 bridgehead atoms. The Morgan fingerprint density at radius 3 is 2.65 bits per heavy atom. The van der Waals surface area contributed by atoms with E-state index in [1.807, 2.05) is 0 Å². The van der Waals surface area contributed by atoms with Gasteiger partial charge >= 0.3 is 0 Å². The standard InChI is InChI=1S/C15H14ClN3O3S/c1-9-6-12(19(20)21)3-5-13(9)22-14-4-2-11(16)7-10(14)8-23-15(17)18/h2-7H,8H2,1H3,(H3,17,18). The van der Waals surface area contributed by atoms with Crippen molar-refractivity contribution in [3.05, 3.63) is 62.7 Å².